The average molecular weight is 638 g/mol. The van der Waals surface area contributed by atoms with Crippen LogP contribution in [0.3, 0.4) is 0 Å². The van der Waals surface area contributed by atoms with E-state index in [0.717, 1.165) is 12.1 Å². The summed E-state index contributed by atoms with van der Waals surface area (Å²) < 4.78 is 60.2. The maximum Gasteiger partial charge on any atom is 0.416 e. The summed E-state index contributed by atoms with van der Waals surface area (Å²) in [5.41, 5.74) is 0.326. The van der Waals surface area contributed by atoms with E-state index in [1.807, 2.05) is 0 Å². The average Bonchev–Trinajstić information content (AvgIpc) is 3.40. The van der Waals surface area contributed by atoms with E-state index in [9.17, 15) is 22.8 Å². The Bertz CT molecular complexity index is 1380. The summed E-state index contributed by atoms with van der Waals surface area (Å²) in [5, 5.41) is 20.5. The number of aromatic nitrogens is 4. The molecular weight excluding hydrogens is 599 g/mol. The predicted octanol–water partition coefficient (Wildman–Crippen LogP) is 3.94. The van der Waals surface area contributed by atoms with Crippen molar-refractivity contribution in [2.75, 3.05) is 58.0 Å². The van der Waals surface area contributed by atoms with Gasteiger partial charge in [-0.2, -0.15) is 18.0 Å². The van der Waals surface area contributed by atoms with Gasteiger partial charge in [0.1, 0.15) is 5.60 Å². The van der Waals surface area contributed by atoms with Gasteiger partial charge in [0.2, 0.25) is 5.82 Å². The van der Waals surface area contributed by atoms with Gasteiger partial charge in [0, 0.05) is 35.6 Å². The zero-order chi connectivity index (χ0) is 32.9. The second-order valence-corrected chi connectivity index (χ2v) is 10.6. The molecule has 3 rings (SSSR count). The maximum atomic E-state index is 12.9. The van der Waals surface area contributed by atoms with Crippen molar-refractivity contribution in [3.8, 4) is 11.4 Å². The second-order valence-electron chi connectivity index (χ2n) is 10.6. The number of ether oxygens (including phenoxy) is 4. The van der Waals surface area contributed by atoms with Gasteiger partial charge >= 0.3 is 12.3 Å². The number of amides is 2. The fraction of sp³-hybridized carbons (Fsp3) is 0.483. The van der Waals surface area contributed by atoms with E-state index in [2.05, 4.69) is 31.4 Å². The Kier molecular flexibility index (Phi) is 13.1. The fourth-order valence-corrected chi connectivity index (χ4v) is 3.69. The van der Waals surface area contributed by atoms with E-state index < -0.39 is 23.4 Å². The Balaban J connectivity index is 1.37. The molecule has 0 aliphatic carbocycles. The van der Waals surface area contributed by atoms with Crippen molar-refractivity contribution in [3.05, 3.63) is 53.6 Å². The minimum atomic E-state index is -4.44. The van der Waals surface area contributed by atoms with Gasteiger partial charge in [0.05, 0.1) is 52.3 Å². The maximum absolute atomic E-state index is 12.9. The molecule has 246 valence electrons. The highest BCUT2D eigenvalue weighted by Crippen LogP contribution is 2.32. The smallest absolute Gasteiger partial charge is 0.416 e. The molecular formula is C29H38F3N7O6. The minimum absolute atomic E-state index is 0.229. The van der Waals surface area contributed by atoms with E-state index >= 15 is 0 Å². The molecule has 0 unspecified atom stereocenters. The van der Waals surface area contributed by atoms with Crippen LogP contribution in [-0.2, 0) is 32.2 Å². The van der Waals surface area contributed by atoms with Crippen LogP contribution in [0.5, 0.6) is 0 Å². The molecule has 0 saturated carbocycles. The number of hydrogen-bond acceptors (Lipinski definition) is 10. The number of nitrogens with zero attached hydrogens (tertiary/aromatic N) is 4. The normalized spacial score (nSPS) is 11.7. The third-order valence-electron chi connectivity index (χ3n) is 5.71. The molecule has 0 bridgehead atoms. The first-order chi connectivity index (χ1) is 21.3. The Morgan fingerprint density at radius 1 is 0.844 bits per heavy atom. The summed E-state index contributed by atoms with van der Waals surface area (Å²) in [6.07, 6.45) is -4.94. The first kappa shape index (κ1) is 35.2. The molecule has 45 heavy (non-hydrogen) atoms. The summed E-state index contributed by atoms with van der Waals surface area (Å²) in [5.74, 6) is -0.132. The van der Waals surface area contributed by atoms with Crippen molar-refractivity contribution in [1.29, 1.82) is 0 Å². The number of rotatable bonds is 16. The van der Waals surface area contributed by atoms with Crippen molar-refractivity contribution in [3.63, 3.8) is 0 Å². The molecule has 0 fully saturated rings. The van der Waals surface area contributed by atoms with E-state index in [1.165, 1.54) is 16.9 Å². The van der Waals surface area contributed by atoms with Crippen LogP contribution in [0.15, 0.2) is 42.5 Å². The van der Waals surface area contributed by atoms with Gasteiger partial charge in [-0.1, -0.05) is 0 Å². The Labute approximate surface area is 258 Å². The number of tetrazole rings is 1. The molecule has 3 N–H and O–H groups in total. The molecule has 0 atom stereocenters. The molecule has 0 aliphatic rings. The number of benzene rings is 2. The molecule has 1 heterocycles. The Morgan fingerprint density at radius 2 is 1.44 bits per heavy atom. The first-order valence-corrected chi connectivity index (χ1v) is 14.1. The van der Waals surface area contributed by atoms with Crippen molar-refractivity contribution >= 4 is 23.4 Å². The van der Waals surface area contributed by atoms with Crippen LogP contribution in [0.25, 0.3) is 11.4 Å². The molecule has 2 amide bonds. The Morgan fingerprint density at radius 3 is 2.00 bits per heavy atom. The molecule has 0 saturated heterocycles. The highest BCUT2D eigenvalue weighted by Gasteiger charge is 2.30. The molecule has 0 aliphatic heterocycles. The van der Waals surface area contributed by atoms with Crippen LogP contribution >= 0.6 is 0 Å². The van der Waals surface area contributed by atoms with Gasteiger partial charge in [0.15, 0.2) is 0 Å². The lowest BCUT2D eigenvalue weighted by atomic mass is 10.1. The molecule has 2 aromatic carbocycles. The van der Waals surface area contributed by atoms with Gasteiger partial charge in [-0.3, -0.25) is 4.79 Å². The monoisotopic (exact) mass is 637 g/mol. The quantitative estimate of drug-likeness (QED) is 0.197. The largest absolute Gasteiger partial charge is 0.444 e. The highest BCUT2D eigenvalue weighted by molar-refractivity contribution is 5.97. The van der Waals surface area contributed by atoms with Gasteiger partial charge < -0.3 is 34.9 Å². The lowest BCUT2D eigenvalue weighted by molar-refractivity contribution is -0.137. The SMILES string of the molecule is Cn1nnc(-c2cc(C(=O)NCCOCCOCCOCCNC(=O)OC(C)(C)C)ccc2Nc2ccc(C(F)(F)F)cc2)n1. The van der Waals surface area contributed by atoms with E-state index in [1.54, 1.807) is 46.0 Å². The van der Waals surface area contributed by atoms with Crippen molar-refractivity contribution < 1.29 is 41.7 Å². The highest BCUT2D eigenvalue weighted by atomic mass is 19.4. The molecule has 16 heteroatoms. The summed E-state index contributed by atoms with van der Waals surface area (Å²) in [7, 11) is 1.59. The van der Waals surface area contributed by atoms with Crippen LogP contribution in [-0.4, -0.2) is 90.5 Å². The van der Waals surface area contributed by atoms with Gasteiger partial charge in [-0.15, -0.1) is 10.2 Å². The summed E-state index contributed by atoms with van der Waals surface area (Å²) >= 11 is 0. The molecule has 0 radical (unpaired) electrons. The van der Waals surface area contributed by atoms with Gasteiger partial charge in [-0.05, 0) is 68.4 Å². The lowest BCUT2D eigenvalue weighted by Crippen LogP contribution is -2.34. The number of aryl methyl sites for hydroxylation is 1. The van der Waals surface area contributed by atoms with Gasteiger partial charge in [-0.25, -0.2) is 4.79 Å². The topological polar surface area (TPSA) is 151 Å². The zero-order valence-electron chi connectivity index (χ0n) is 25.6. The van der Waals surface area contributed by atoms with Crippen molar-refractivity contribution in [2.24, 2.45) is 7.05 Å². The van der Waals surface area contributed by atoms with Crippen molar-refractivity contribution in [2.45, 2.75) is 32.5 Å². The fourth-order valence-electron chi connectivity index (χ4n) is 3.69. The summed E-state index contributed by atoms with van der Waals surface area (Å²) in [6, 6.07) is 9.34. The third-order valence-corrected chi connectivity index (χ3v) is 5.71. The standard InChI is InChI=1S/C29H38F3N7O6/c1-28(2,3)45-27(41)34-12-14-43-16-18-44-17-15-42-13-11-33-26(40)20-5-10-24(23(19-20)25-36-38-39(4)37-25)35-22-8-6-21(7-9-22)29(30,31)32/h5-10,19,35H,11-18H2,1-4H3,(H,33,40)(H,34,41). The van der Waals surface area contributed by atoms with Crippen LogP contribution in [0, 0.1) is 0 Å². The zero-order valence-corrected chi connectivity index (χ0v) is 25.6. The summed E-state index contributed by atoms with van der Waals surface area (Å²) in [6.45, 7) is 7.90. The van der Waals surface area contributed by atoms with Crippen LogP contribution < -0.4 is 16.0 Å². The molecule has 13 nitrogen and oxygen atoms in total. The summed E-state index contributed by atoms with van der Waals surface area (Å²) in [4.78, 5) is 25.6. The Hall–Kier alpha value is -4.28. The number of halogens is 3. The number of nitrogens with one attached hydrogen (secondary N) is 3. The number of carbonyl (C=O) groups excluding carboxylic acids is 2. The second kappa shape index (κ2) is 16.7. The van der Waals surface area contributed by atoms with E-state index in [-0.39, 0.29) is 24.9 Å². The number of alkyl halides is 3. The lowest BCUT2D eigenvalue weighted by Gasteiger charge is -2.19. The van der Waals surface area contributed by atoms with Crippen LogP contribution in [0.4, 0.5) is 29.3 Å². The van der Waals surface area contributed by atoms with Gasteiger partial charge in [0.25, 0.3) is 5.91 Å². The van der Waals surface area contributed by atoms with E-state index in [0.29, 0.717) is 62.1 Å². The molecule has 1 aromatic heterocycles. The number of carbonyl (C=O) groups is 2. The number of alkyl carbamates (subject to hydrolysis) is 1. The first-order valence-electron chi connectivity index (χ1n) is 14.1. The third kappa shape index (κ3) is 12.7. The minimum Gasteiger partial charge on any atom is -0.444 e. The predicted molar refractivity (Wildman–Crippen MR) is 158 cm³/mol. The van der Waals surface area contributed by atoms with Crippen molar-refractivity contribution in [1.82, 2.24) is 30.8 Å². The van der Waals surface area contributed by atoms with Crippen LogP contribution in [0.2, 0.25) is 0 Å². The molecule has 0 spiro atoms. The number of hydrogen-bond donors (Lipinski definition) is 3. The van der Waals surface area contributed by atoms with E-state index in [4.69, 9.17) is 18.9 Å². The number of anilines is 2. The molecule has 3 aromatic rings. The van der Waals surface area contributed by atoms with Crippen LogP contribution in [0.1, 0.15) is 36.7 Å².